The van der Waals surface area contributed by atoms with Crippen LogP contribution in [0.4, 0.5) is 5.00 Å². The van der Waals surface area contributed by atoms with E-state index in [2.05, 4.69) is 12.2 Å². The number of nitrogens with zero attached hydrogens (tertiary/aromatic N) is 1. The van der Waals surface area contributed by atoms with E-state index in [4.69, 9.17) is 4.42 Å². The molecule has 2 aromatic heterocycles. The van der Waals surface area contributed by atoms with Gasteiger partial charge >= 0.3 is 0 Å². The van der Waals surface area contributed by atoms with Crippen LogP contribution in [0, 0.1) is 17.8 Å². The van der Waals surface area contributed by atoms with Gasteiger partial charge in [-0.25, -0.2) is 0 Å². The molecule has 0 bridgehead atoms. The van der Waals surface area contributed by atoms with Crippen LogP contribution in [-0.4, -0.2) is 34.9 Å². The largest absolute Gasteiger partial charge is 0.461 e. The van der Waals surface area contributed by atoms with Crippen molar-refractivity contribution in [3.05, 3.63) is 40.2 Å². The minimum atomic E-state index is -0.300. The zero-order valence-electron chi connectivity index (χ0n) is 18.7. The number of rotatable bonds is 6. The first kappa shape index (κ1) is 22.1. The summed E-state index contributed by atoms with van der Waals surface area (Å²) in [5, 5.41) is 3.45. The van der Waals surface area contributed by atoms with Gasteiger partial charge in [-0.3, -0.25) is 24.1 Å². The van der Waals surface area contributed by atoms with E-state index in [9.17, 15) is 19.2 Å². The molecular weight excluding hydrogens is 440 g/mol. The molecular formula is C25H28N2O5S. The summed E-state index contributed by atoms with van der Waals surface area (Å²) in [4.78, 5) is 53.8. The predicted octanol–water partition coefficient (Wildman–Crippen LogP) is 4.20. The Bertz CT molecular complexity index is 1080. The summed E-state index contributed by atoms with van der Waals surface area (Å²) in [6, 6.07) is 3.31. The average molecular weight is 469 g/mol. The van der Waals surface area contributed by atoms with E-state index in [1.165, 1.54) is 22.5 Å². The molecule has 7 nitrogen and oxygen atoms in total. The zero-order chi connectivity index (χ0) is 23.1. The molecule has 0 aromatic carbocycles. The van der Waals surface area contributed by atoms with Crippen molar-refractivity contribution in [2.75, 3.05) is 11.9 Å². The molecule has 1 N–H and O–H groups in total. The number of furan rings is 1. The minimum absolute atomic E-state index is 0.0181. The quantitative estimate of drug-likeness (QED) is 0.506. The molecule has 2 aliphatic carbocycles. The molecule has 2 fully saturated rings. The third-order valence-electron chi connectivity index (χ3n) is 7.23. The van der Waals surface area contributed by atoms with Crippen LogP contribution in [0.2, 0.25) is 0 Å². The van der Waals surface area contributed by atoms with Crippen molar-refractivity contribution in [1.82, 2.24) is 4.90 Å². The summed E-state index contributed by atoms with van der Waals surface area (Å²) < 4.78 is 5.34. The molecule has 0 radical (unpaired) electrons. The van der Waals surface area contributed by atoms with E-state index < -0.39 is 0 Å². The maximum Gasteiger partial charge on any atom is 0.233 e. The molecule has 174 valence electrons. The van der Waals surface area contributed by atoms with Gasteiger partial charge in [-0.2, -0.15) is 0 Å². The van der Waals surface area contributed by atoms with Crippen LogP contribution in [0.1, 0.15) is 72.0 Å². The number of ketones is 1. The van der Waals surface area contributed by atoms with Gasteiger partial charge in [0, 0.05) is 17.8 Å². The molecule has 5 rings (SSSR count). The highest BCUT2D eigenvalue weighted by Gasteiger charge is 2.47. The van der Waals surface area contributed by atoms with Crippen molar-refractivity contribution < 1.29 is 23.6 Å². The molecule has 1 aliphatic heterocycles. The first-order valence-electron chi connectivity index (χ1n) is 11.8. The molecule has 1 saturated heterocycles. The average Bonchev–Trinajstić information content (AvgIpc) is 3.51. The Morgan fingerprint density at radius 1 is 1.15 bits per heavy atom. The highest BCUT2D eigenvalue weighted by atomic mass is 32.1. The molecule has 2 aromatic rings. The lowest BCUT2D eigenvalue weighted by Gasteiger charge is -2.19. The SMILES string of the molecule is CC1CCc2c(sc(NC(=O)CCN3C(=O)C4CCCCC4C3=O)c2C(=O)c2ccco2)C1. The third kappa shape index (κ3) is 4.05. The fourth-order valence-electron chi connectivity index (χ4n) is 5.46. The van der Waals surface area contributed by atoms with Gasteiger partial charge < -0.3 is 9.73 Å². The van der Waals surface area contributed by atoms with Crippen LogP contribution in [0.25, 0.3) is 0 Å². The van der Waals surface area contributed by atoms with Gasteiger partial charge in [0.05, 0.1) is 23.7 Å². The lowest BCUT2D eigenvalue weighted by atomic mass is 9.81. The van der Waals surface area contributed by atoms with Crippen LogP contribution in [-0.2, 0) is 27.2 Å². The Kier molecular flexibility index (Phi) is 5.95. The van der Waals surface area contributed by atoms with Crippen molar-refractivity contribution in [2.24, 2.45) is 17.8 Å². The molecule has 8 heteroatoms. The number of hydrogen-bond donors (Lipinski definition) is 1. The second-order valence-electron chi connectivity index (χ2n) is 9.49. The van der Waals surface area contributed by atoms with Gasteiger partial charge in [-0.1, -0.05) is 19.8 Å². The second kappa shape index (κ2) is 8.89. The number of likely N-dealkylation sites (tertiary alicyclic amines) is 1. The smallest absolute Gasteiger partial charge is 0.233 e. The number of imide groups is 1. The highest BCUT2D eigenvalue weighted by Crippen LogP contribution is 2.41. The lowest BCUT2D eigenvalue weighted by Crippen LogP contribution is -2.34. The van der Waals surface area contributed by atoms with Crippen molar-refractivity contribution in [3.8, 4) is 0 Å². The fourth-order valence-corrected chi connectivity index (χ4v) is 6.89. The normalized spacial score (nSPS) is 24.5. The maximum atomic E-state index is 13.2. The van der Waals surface area contributed by atoms with Crippen LogP contribution < -0.4 is 5.32 Å². The maximum absolute atomic E-state index is 13.2. The standard InChI is InChI=1S/C25H28N2O5S/c1-14-8-9-17-19(13-14)33-23(21(17)22(29)18-7-4-12-32-18)26-20(28)10-11-27-24(30)15-5-2-3-6-16(15)25(27)31/h4,7,12,14-16H,2-3,5-6,8-11,13H2,1H3,(H,26,28). The molecule has 3 aliphatic rings. The van der Waals surface area contributed by atoms with E-state index in [-0.39, 0.29) is 54.1 Å². The van der Waals surface area contributed by atoms with E-state index in [0.29, 0.717) is 16.5 Å². The van der Waals surface area contributed by atoms with Gasteiger partial charge in [-0.05, 0) is 55.7 Å². The van der Waals surface area contributed by atoms with Gasteiger partial charge in [0.2, 0.25) is 23.5 Å². The van der Waals surface area contributed by atoms with Crippen LogP contribution in [0.15, 0.2) is 22.8 Å². The number of fused-ring (bicyclic) bond motifs is 2. The van der Waals surface area contributed by atoms with Gasteiger partial charge in [0.25, 0.3) is 0 Å². The topological polar surface area (TPSA) is 96.7 Å². The summed E-state index contributed by atoms with van der Waals surface area (Å²) in [6.45, 7) is 2.27. The Morgan fingerprint density at radius 2 is 1.88 bits per heavy atom. The third-order valence-corrected chi connectivity index (χ3v) is 8.40. The first-order valence-corrected chi connectivity index (χ1v) is 12.6. The summed E-state index contributed by atoms with van der Waals surface area (Å²) in [6.07, 6.45) is 7.63. The van der Waals surface area contributed by atoms with E-state index in [1.54, 1.807) is 12.1 Å². The van der Waals surface area contributed by atoms with Gasteiger partial charge in [0.15, 0.2) is 5.76 Å². The molecule has 33 heavy (non-hydrogen) atoms. The second-order valence-corrected chi connectivity index (χ2v) is 10.6. The van der Waals surface area contributed by atoms with E-state index >= 15 is 0 Å². The summed E-state index contributed by atoms with van der Waals surface area (Å²) in [7, 11) is 0. The molecule has 3 atom stereocenters. The number of carbonyl (C=O) groups excluding carboxylic acids is 4. The molecule has 1 saturated carbocycles. The van der Waals surface area contributed by atoms with Crippen molar-refractivity contribution in [3.63, 3.8) is 0 Å². The number of carbonyl (C=O) groups is 4. The van der Waals surface area contributed by atoms with Crippen molar-refractivity contribution in [1.29, 1.82) is 0 Å². The fraction of sp³-hybridized carbons (Fsp3) is 0.520. The summed E-state index contributed by atoms with van der Waals surface area (Å²) in [5.41, 5.74) is 1.52. The number of thiophene rings is 1. The Hall–Kier alpha value is -2.74. The summed E-state index contributed by atoms with van der Waals surface area (Å²) in [5.74, 6) is -0.432. The van der Waals surface area contributed by atoms with Crippen LogP contribution in [0.5, 0.6) is 0 Å². The monoisotopic (exact) mass is 468 g/mol. The van der Waals surface area contributed by atoms with E-state index in [1.807, 2.05) is 0 Å². The first-order chi connectivity index (χ1) is 15.9. The highest BCUT2D eigenvalue weighted by molar-refractivity contribution is 7.17. The summed E-state index contributed by atoms with van der Waals surface area (Å²) >= 11 is 1.45. The molecule has 3 heterocycles. The number of nitrogens with one attached hydrogen (secondary N) is 1. The van der Waals surface area contributed by atoms with Crippen molar-refractivity contribution >= 4 is 39.8 Å². The molecule has 3 unspecified atom stereocenters. The number of anilines is 1. The Balaban J connectivity index is 1.32. The Morgan fingerprint density at radius 3 is 2.55 bits per heavy atom. The predicted molar refractivity (Wildman–Crippen MR) is 123 cm³/mol. The lowest BCUT2D eigenvalue weighted by molar-refractivity contribution is -0.140. The van der Waals surface area contributed by atoms with Crippen molar-refractivity contribution in [2.45, 2.75) is 58.3 Å². The van der Waals surface area contributed by atoms with E-state index in [0.717, 1.165) is 55.4 Å². The molecule has 3 amide bonds. The zero-order valence-corrected chi connectivity index (χ0v) is 19.5. The van der Waals surface area contributed by atoms with Crippen LogP contribution in [0.3, 0.4) is 0 Å². The van der Waals surface area contributed by atoms with Crippen LogP contribution >= 0.6 is 11.3 Å². The molecule has 0 spiro atoms. The number of hydrogen-bond acceptors (Lipinski definition) is 6. The minimum Gasteiger partial charge on any atom is -0.461 e. The Labute approximate surface area is 196 Å². The number of amides is 3. The van der Waals surface area contributed by atoms with Gasteiger partial charge in [-0.15, -0.1) is 11.3 Å². The van der Waals surface area contributed by atoms with Gasteiger partial charge in [0.1, 0.15) is 5.00 Å².